The fourth-order valence-corrected chi connectivity index (χ4v) is 4.19. The summed E-state index contributed by atoms with van der Waals surface area (Å²) in [6.45, 7) is -0.247. The molecule has 180 valence electrons. The molecule has 1 aliphatic heterocycles. The number of benzene rings is 2. The zero-order valence-electron chi connectivity index (χ0n) is 19.4. The molecule has 2 aromatic rings. The molecule has 1 heterocycles. The van der Waals surface area contributed by atoms with Gasteiger partial charge in [0.05, 0.1) is 20.1 Å². The molecule has 0 fully saturated rings. The van der Waals surface area contributed by atoms with E-state index in [0.717, 1.165) is 0 Å². The minimum atomic E-state index is -0.655. The number of nitrogens with zero attached hydrogens (tertiary/aromatic N) is 1. The normalized spacial score (nSPS) is 17.2. The summed E-state index contributed by atoms with van der Waals surface area (Å²) in [6, 6.07) is 14.1. The predicted molar refractivity (Wildman–Crippen MR) is 127 cm³/mol. The van der Waals surface area contributed by atoms with Crippen molar-refractivity contribution in [2.75, 3.05) is 26.1 Å². The number of ether oxygens (including phenoxy) is 4. The second-order valence-corrected chi connectivity index (χ2v) is 8.01. The Labute approximate surface area is 202 Å². The standard InChI is InChI=1S/C26H25N3O6/c1-32-17-9-7-16(8-10-17)29-23(31)14-34-20-11-6-15(12-22(20)33-2)24-18(13-27)26(28)35-21-5-3-4-19(30)25(21)24/h6-12,24H,3-5,14,28H2,1-2H3,(H,29,31). The Morgan fingerprint density at radius 2 is 1.91 bits per heavy atom. The monoisotopic (exact) mass is 475 g/mol. The number of amides is 1. The maximum absolute atomic E-state index is 12.7. The van der Waals surface area contributed by atoms with E-state index in [-0.39, 0.29) is 29.8 Å². The molecule has 35 heavy (non-hydrogen) atoms. The third-order valence-electron chi connectivity index (χ3n) is 5.86. The van der Waals surface area contributed by atoms with E-state index >= 15 is 0 Å². The van der Waals surface area contributed by atoms with Crippen LogP contribution in [0, 0.1) is 11.3 Å². The number of anilines is 1. The average Bonchev–Trinajstić information content (AvgIpc) is 2.87. The van der Waals surface area contributed by atoms with Crippen LogP contribution in [0.2, 0.25) is 0 Å². The van der Waals surface area contributed by atoms with Gasteiger partial charge in [-0.05, 0) is 48.4 Å². The third-order valence-corrected chi connectivity index (χ3v) is 5.86. The van der Waals surface area contributed by atoms with Gasteiger partial charge in [-0.2, -0.15) is 5.26 Å². The minimum absolute atomic E-state index is 0.000413. The van der Waals surface area contributed by atoms with Crippen molar-refractivity contribution in [3.63, 3.8) is 0 Å². The molecular formula is C26H25N3O6. The van der Waals surface area contributed by atoms with Crippen LogP contribution in [0.1, 0.15) is 30.7 Å². The first kappa shape index (κ1) is 23.7. The van der Waals surface area contributed by atoms with Crippen LogP contribution < -0.4 is 25.3 Å². The Bertz CT molecular complexity index is 1260. The molecule has 0 aromatic heterocycles. The number of hydrogen-bond acceptors (Lipinski definition) is 8. The molecule has 9 nitrogen and oxygen atoms in total. The predicted octanol–water partition coefficient (Wildman–Crippen LogP) is 3.54. The van der Waals surface area contributed by atoms with Gasteiger partial charge in [-0.15, -0.1) is 0 Å². The van der Waals surface area contributed by atoms with Crippen LogP contribution >= 0.6 is 0 Å². The number of hydrogen-bond donors (Lipinski definition) is 2. The number of carbonyl (C=O) groups excluding carboxylic acids is 2. The Morgan fingerprint density at radius 1 is 1.14 bits per heavy atom. The molecule has 1 aliphatic carbocycles. The summed E-state index contributed by atoms with van der Waals surface area (Å²) < 4.78 is 21.9. The van der Waals surface area contributed by atoms with Crippen LogP contribution in [0.3, 0.4) is 0 Å². The van der Waals surface area contributed by atoms with Crippen LogP contribution in [0.5, 0.6) is 17.2 Å². The number of allylic oxidation sites excluding steroid dienone is 3. The first-order valence-electron chi connectivity index (χ1n) is 11.0. The van der Waals surface area contributed by atoms with Crippen molar-refractivity contribution in [1.29, 1.82) is 5.26 Å². The quantitative estimate of drug-likeness (QED) is 0.621. The first-order valence-corrected chi connectivity index (χ1v) is 11.0. The third kappa shape index (κ3) is 4.92. The van der Waals surface area contributed by atoms with Gasteiger partial charge < -0.3 is 30.0 Å². The van der Waals surface area contributed by atoms with E-state index in [1.807, 2.05) is 0 Å². The van der Waals surface area contributed by atoms with Crippen LogP contribution in [-0.4, -0.2) is 32.5 Å². The summed E-state index contributed by atoms with van der Waals surface area (Å²) in [7, 11) is 3.04. The number of methoxy groups -OCH3 is 2. The number of Topliss-reactive ketones (excluding diaryl/α,β-unsaturated/α-hetero) is 1. The van der Waals surface area contributed by atoms with Crippen molar-refractivity contribution in [3.8, 4) is 23.3 Å². The second-order valence-electron chi connectivity index (χ2n) is 8.01. The van der Waals surface area contributed by atoms with Gasteiger partial charge in [-0.3, -0.25) is 9.59 Å². The molecule has 0 saturated heterocycles. The number of rotatable bonds is 7. The SMILES string of the molecule is COc1ccc(NC(=O)COc2ccc(C3C(C#N)=C(N)OC4=C3C(=O)CCC4)cc2OC)cc1. The lowest BCUT2D eigenvalue weighted by molar-refractivity contribution is -0.118. The lowest BCUT2D eigenvalue weighted by Gasteiger charge is -2.31. The van der Waals surface area contributed by atoms with Crippen molar-refractivity contribution in [2.24, 2.45) is 5.73 Å². The summed E-state index contributed by atoms with van der Waals surface area (Å²) in [5, 5.41) is 12.5. The summed E-state index contributed by atoms with van der Waals surface area (Å²) in [6.07, 6.45) is 1.64. The zero-order chi connectivity index (χ0) is 24.9. The van der Waals surface area contributed by atoms with Gasteiger partial charge in [-0.25, -0.2) is 0 Å². The molecule has 3 N–H and O–H groups in total. The van der Waals surface area contributed by atoms with Crippen molar-refractivity contribution in [1.82, 2.24) is 0 Å². The van der Waals surface area contributed by atoms with Crippen molar-refractivity contribution in [2.45, 2.75) is 25.2 Å². The van der Waals surface area contributed by atoms with Crippen LogP contribution in [-0.2, 0) is 14.3 Å². The molecule has 2 aliphatic rings. The second kappa shape index (κ2) is 10.2. The van der Waals surface area contributed by atoms with E-state index in [1.54, 1.807) is 49.6 Å². The number of ketones is 1. The molecule has 9 heteroatoms. The molecule has 0 bridgehead atoms. The van der Waals surface area contributed by atoms with E-state index in [1.165, 1.54) is 7.11 Å². The van der Waals surface area contributed by atoms with Gasteiger partial charge in [0.1, 0.15) is 23.2 Å². The molecule has 1 unspecified atom stereocenters. The fraction of sp³-hybridized carbons (Fsp3) is 0.269. The molecule has 0 saturated carbocycles. The fourth-order valence-electron chi connectivity index (χ4n) is 4.19. The highest BCUT2D eigenvalue weighted by Crippen LogP contribution is 2.45. The van der Waals surface area contributed by atoms with Gasteiger partial charge >= 0.3 is 0 Å². The van der Waals surface area contributed by atoms with E-state index in [2.05, 4.69) is 11.4 Å². The first-order chi connectivity index (χ1) is 16.9. The highest BCUT2D eigenvalue weighted by Gasteiger charge is 2.38. The Hall–Kier alpha value is -4.45. The summed E-state index contributed by atoms with van der Waals surface area (Å²) >= 11 is 0. The minimum Gasteiger partial charge on any atom is -0.497 e. The van der Waals surface area contributed by atoms with Crippen molar-refractivity contribution < 1.29 is 28.5 Å². The average molecular weight is 476 g/mol. The highest BCUT2D eigenvalue weighted by atomic mass is 16.5. The van der Waals surface area contributed by atoms with Crippen molar-refractivity contribution in [3.05, 3.63) is 70.8 Å². The number of carbonyl (C=O) groups is 2. The maximum Gasteiger partial charge on any atom is 0.262 e. The maximum atomic E-state index is 12.7. The van der Waals surface area contributed by atoms with Gasteiger partial charge in [0.25, 0.3) is 5.91 Å². The summed E-state index contributed by atoms with van der Waals surface area (Å²) in [4.78, 5) is 25.1. The van der Waals surface area contributed by atoms with Crippen LogP contribution in [0.25, 0.3) is 0 Å². The molecule has 1 amide bonds. The Kier molecular flexibility index (Phi) is 6.92. The molecule has 0 radical (unpaired) electrons. The lowest BCUT2D eigenvalue weighted by atomic mass is 9.77. The largest absolute Gasteiger partial charge is 0.497 e. The summed E-state index contributed by atoms with van der Waals surface area (Å²) in [5.74, 6) is 0.820. The number of nitrogens with two attached hydrogens (primary N) is 1. The molecule has 0 spiro atoms. The molecular weight excluding hydrogens is 450 g/mol. The topological polar surface area (TPSA) is 133 Å². The van der Waals surface area contributed by atoms with Crippen molar-refractivity contribution >= 4 is 17.4 Å². The van der Waals surface area contributed by atoms with E-state index in [9.17, 15) is 14.9 Å². The van der Waals surface area contributed by atoms with Gasteiger partial charge in [0, 0.05) is 24.1 Å². The molecule has 2 aromatic carbocycles. The Morgan fingerprint density at radius 3 is 2.60 bits per heavy atom. The lowest BCUT2D eigenvalue weighted by Crippen LogP contribution is -2.27. The van der Waals surface area contributed by atoms with E-state index in [4.69, 9.17) is 24.7 Å². The molecule has 4 rings (SSSR count). The highest BCUT2D eigenvalue weighted by molar-refractivity contribution is 5.99. The van der Waals surface area contributed by atoms with E-state index in [0.29, 0.717) is 59.1 Å². The Balaban J connectivity index is 1.54. The van der Waals surface area contributed by atoms with Crippen LogP contribution in [0.15, 0.2) is 65.3 Å². The van der Waals surface area contributed by atoms with Gasteiger partial charge in [0.15, 0.2) is 23.9 Å². The van der Waals surface area contributed by atoms with Gasteiger partial charge in [0.2, 0.25) is 5.88 Å². The zero-order valence-corrected chi connectivity index (χ0v) is 19.4. The van der Waals surface area contributed by atoms with Gasteiger partial charge in [-0.1, -0.05) is 6.07 Å². The summed E-state index contributed by atoms with van der Waals surface area (Å²) in [5.41, 5.74) is 7.89. The van der Waals surface area contributed by atoms with Crippen LogP contribution in [0.4, 0.5) is 5.69 Å². The number of nitriles is 1. The molecule has 1 atom stereocenters. The smallest absolute Gasteiger partial charge is 0.262 e. The number of nitrogens with one attached hydrogen (secondary N) is 1. The van der Waals surface area contributed by atoms with E-state index < -0.39 is 5.92 Å².